The fourth-order valence-electron chi connectivity index (χ4n) is 1.75. The average Bonchev–Trinajstić information content (AvgIpc) is 2.90. The summed E-state index contributed by atoms with van der Waals surface area (Å²) in [6.07, 6.45) is -2.89. The van der Waals surface area contributed by atoms with Gasteiger partial charge < -0.3 is 24.4 Å². The molecule has 0 aromatic heterocycles. The molecule has 2 rings (SSSR count). The van der Waals surface area contributed by atoms with Crippen LogP contribution in [0.3, 0.4) is 0 Å². The van der Waals surface area contributed by atoms with Crippen molar-refractivity contribution >= 4 is 12.3 Å². The lowest BCUT2D eigenvalue weighted by Gasteiger charge is -2.17. The lowest BCUT2D eigenvalue weighted by atomic mass is 9.98. The molecular weight excluding hydrogens is 256 g/mol. The van der Waals surface area contributed by atoms with Gasteiger partial charge in [0, 0.05) is 5.56 Å². The van der Waals surface area contributed by atoms with E-state index in [9.17, 15) is 19.8 Å². The number of hydrogen-bond donors (Lipinski definition) is 2. The number of carbonyl (C=O) groups is 2. The van der Waals surface area contributed by atoms with Crippen molar-refractivity contribution in [3.05, 3.63) is 23.3 Å². The van der Waals surface area contributed by atoms with E-state index >= 15 is 0 Å². The van der Waals surface area contributed by atoms with Gasteiger partial charge in [0.15, 0.2) is 23.9 Å². The van der Waals surface area contributed by atoms with Gasteiger partial charge in [-0.05, 0) is 17.7 Å². The van der Waals surface area contributed by atoms with Crippen molar-refractivity contribution in [1.82, 2.24) is 0 Å². The highest BCUT2D eigenvalue weighted by Crippen LogP contribution is 2.37. The van der Waals surface area contributed by atoms with Crippen LogP contribution in [0.15, 0.2) is 12.1 Å². The summed E-state index contributed by atoms with van der Waals surface area (Å²) in [5.41, 5.74) is 0.164. The maximum atomic E-state index is 11.2. The first-order chi connectivity index (χ1) is 9.08. The smallest absolute Gasteiger partial charge is 0.337 e. The number of carbonyl (C=O) groups excluding carboxylic acids is 2. The lowest BCUT2D eigenvalue weighted by molar-refractivity contribution is -0.156. The van der Waals surface area contributed by atoms with Gasteiger partial charge in [-0.15, -0.1) is 0 Å². The Hall–Kier alpha value is -2.12. The molecule has 1 aromatic rings. The van der Waals surface area contributed by atoms with Gasteiger partial charge in [0.2, 0.25) is 6.79 Å². The number of fused-ring (bicyclic) bond motifs is 1. The van der Waals surface area contributed by atoms with Crippen molar-refractivity contribution in [2.45, 2.75) is 12.2 Å². The minimum absolute atomic E-state index is 0.00668. The molecule has 0 amide bonds. The van der Waals surface area contributed by atoms with Gasteiger partial charge in [-0.3, -0.25) is 4.79 Å². The average molecular weight is 268 g/mol. The molecule has 1 aliphatic heterocycles. The third-order valence-electron chi connectivity index (χ3n) is 2.77. The maximum absolute atomic E-state index is 11.2. The van der Waals surface area contributed by atoms with Crippen molar-refractivity contribution < 1.29 is 34.0 Å². The monoisotopic (exact) mass is 268 g/mol. The summed E-state index contributed by atoms with van der Waals surface area (Å²) in [5.74, 6) is -0.302. The molecule has 102 valence electrons. The van der Waals surface area contributed by atoms with Crippen LogP contribution in [-0.4, -0.2) is 42.5 Å². The second-order valence-electron chi connectivity index (χ2n) is 3.87. The molecule has 0 radical (unpaired) electrons. The highest BCUT2D eigenvalue weighted by molar-refractivity contribution is 5.81. The van der Waals surface area contributed by atoms with E-state index in [0.717, 1.165) is 7.11 Å². The zero-order valence-electron chi connectivity index (χ0n) is 10.0. The normalized spacial score (nSPS) is 15.7. The van der Waals surface area contributed by atoms with Crippen molar-refractivity contribution in [3.8, 4) is 11.5 Å². The van der Waals surface area contributed by atoms with Crippen molar-refractivity contribution in [2.24, 2.45) is 0 Å². The summed E-state index contributed by atoms with van der Waals surface area (Å²) in [4.78, 5) is 22.2. The van der Waals surface area contributed by atoms with Gasteiger partial charge in [-0.1, -0.05) is 0 Å². The number of ether oxygens (including phenoxy) is 3. The van der Waals surface area contributed by atoms with E-state index < -0.39 is 18.2 Å². The first-order valence-electron chi connectivity index (χ1n) is 5.41. The minimum atomic E-state index is -1.79. The van der Waals surface area contributed by atoms with E-state index in [2.05, 4.69) is 4.74 Å². The number of benzene rings is 1. The number of aliphatic hydroxyl groups is 2. The van der Waals surface area contributed by atoms with E-state index in [4.69, 9.17) is 9.47 Å². The fourth-order valence-corrected chi connectivity index (χ4v) is 1.75. The van der Waals surface area contributed by atoms with Crippen molar-refractivity contribution in [2.75, 3.05) is 13.9 Å². The molecular formula is C12H12O7. The minimum Gasteiger partial charge on any atom is -0.467 e. The van der Waals surface area contributed by atoms with E-state index in [1.165, 1.54) is 12.1 Å². The predicted octanol–water partition coefficient (Wildman–Crippen LogP) is -0.205. The second kappa shape index (κ2) is 5.25. The molecule has 2 unspecified atom stereocenters. The molecule has 19 heavy (non-hydrogen) atoms. The van der Waals surface area contributed by atoms with Crippen LogP contribution >= 0.6 is 0 Å². The SMILES string of the molecule is COC(=O)C(O)C(O)c1cc2c(cc1C=O)OCO2. The number of methoxy groups -OCH3 is 1. The Morgan fingerprint density at radius 1 is 1.37 bits per heavy atom. The predicted molar refractivity (Wildman–Crippen MR) is 60.9 cm³/mol. The molecule has 0 saturated heterocycles. The first-order valence-corrected chi connectivity index (χ1v) is 5.41. The zero-order valence-corrected chi connectivity index (χ0v) is 10.0. The molecule has 1 aliphatic rings. The van der Waals surface area contributed by atoms with Crippen LogP contribution in [0.2, 0.25) is 0 Å². The Bertz CT molecular complexity index is 511. The Morgan fingerprint density at radius 3 is 2.58 bits per heavy atom. The van der Waals surface area contributed by atoms with Gasteiger partial charge in [0.25, 0.3) is 0 Å². The van der Waals surface area contributed by atoms with E-state index in [1.807, 2.05) is 0 Å². The Balaban J connectivity index is 2.38. The summed E-state index contributed by atoms with van der Waals surface area (Å²) in [6.45, 7) is 0.00668. The summed E-state index contributed by atoms with van der Waals surface area (Å²) in [6, 6.07) is 2.72. The maximum Gasteiger partial charge on any atom is 0.337 e. The third kappa shape index (κ3) is 2.38. The van der Waals surface area contributed by atoms with E-state index in [-0.39, 0.29) is 17.9 Å². The molecule has 7 nitrogen and oxygen atoms in total. The van der Waals surface area contributed by atoms with Crippen molar-refractivity contribution in [3.63, 3.8) is 0 Å². The second-order valence-corrected chi connectivity index (χ2v) is 3.87. The molecule has 2 atom stereocenters. The van der Waals surface area contributed by atoms with Crippen LogP contribution in [0.5, 0.6) is 11.5 Å². The number of aldehydes is 1. The summed E-state index contributed by atoms with van der Waals surface area (Å²) >= 11 is 0. The summed E-state index contributed by atoms with van der Waals surface area (Å²) in [5, 5.41) is 19.5. The molecule has 7 heteroatoms. The van der Waals surface area contributed by atoms with Gasteiger partial charge in [0.1, 0.15) is 6.10 Å². The van der Waals surface area contributed by atoms with Crippen molar-refractivity contribution in [1.29, 1.82) is 0 Å². The quantitative estimate of drug-likeness (QED) is 0.575. The van der Waals surface area contributed by atoms with Gasteiger partial charge in [-0.25, -0.2) is 4.79 Å². The molecule has 0 bridgehead atoms. The Kier molecular flexibility index (Phi) is 3.68. The lowest BCUT2D eigenvalue weighted by Crippen LogP contribution is -2.29. The van der Waals surface area contributed by atoms with Gasteiger partial charge in [-0.2, -0.15) is 0 Å². The number of hydrogen-bond acceptors (Lipinski definition) is 7. The Morgan fingerprint density at radius 2 is 2.00 bits per heavy atom. The standard InChI is InChI=1S/C12H12O7/c1-17-12(16)11(15)10(14)7-3-9-8(18-5-19-9)2-6(7)4-13/h2-4,10-11,14-15H,5H2,1H3. The highest BCUT2D eigenvalue weighted by atomic mass is 16.7. The number of rotatable bonds is 4. The molecule has 0 fully saturated rings. The van der Waals surface area contributed by atoms with E-state index in [0.29, 0.717) is 17.8 Å². The summed E-state index contributed by atoms with van der Waals surface area (Å²) < 4.78 is 14.5. The topological polar surface area (TPSA) is 102 Å². The molecule has 2 N–H and O–H groups in total. The molecule has 0 saturated carbocycles. The van der Waals surface area contributed by atoms with Crippen LogP contribution < -0.4 is 9.47 Å². The van der Waals surface area contributed by atoms with Crippen LogP contribution in [0.1, 0.15) is 22.0 Å². The van der Waals surface area contributed by atoms with Crippen LogP contribution in [0.4, 0.5) is 0 Å². The molecule has 1 heterocycles. The van der Waals surface area contributed by atoms with Gasteiger partial charge in [0.05, 0.1) is 7.11 Å². The fraction of sp³-hybridized carbons (Fsp3) is 0.333. The third-order valence-corrected chi connectivity index (χ3v) is 2.77. The first kappa shape index (κ1) is 13.3. The van der Waals surface area contributed by atoms with E-state index in [1.54, 1.807) is 0 Å². The zero-order chi connectivity index (χ0) is 14.0. The van der Waals surface area contributed by atoms with Crippen LogP contribution in [-0.2, 0) is 9.53 Å². The highest BCUT2D eigenvalue weighted by Gasteiger charge is 2.30. The molecule has 0 aliphatic carbocycles. The van der Waals surface area contributed by atoms with Crippen LogP contribution in [0, 0.1) is 0 Å². The Labute approximate surface area is 108 Å². The van der Waals surface area contributed by atoms with Crippen LogP contribution in [0.25, 0.3) is 0 Å². The molecule has 1 aromatic carbocycles. The van der Waals surface area contributed by atoms with Gasteiger partial charge >= 0.3 is 5.97 Å². The largest absolute Gasteiger partial charge is 0.467 e. The number of esters is 1. The number of aliphatic hydroxyl groups excluding tert-OH is 2. The molecule has 0 spiro atoms. The summed E-state index contributed by atoms with van der Waals surface area (Å²) in [7, 11) is 1.08.